The van der Waals surface area contributed by atoms with Gasteiger partial charge in [0.05, 0.1) is 0 Å². The quantitative estimate of drug-likeness (QED) is 0.729. The first kappa shape index (κ1) is 12.0. The molecule has 0 bridgehead atoms. The minimum absolute atomic E-state index is 0.745. The highest BCUT2D eigenvalue weighted by Gasteiger charge is 2.22. The van der Waals surface area contributed by atoms with Crippen molar-refractivity contribution in [2.45, 2.75) is 58.5 Å². The molecule has 0 radical (unpaired) electrons. The van der Waals surface area contributed by atoms with Gasteiger partial charge >= 0.3 is 0 Å². The standard InChI is InChI=1S/C12H26N2/c1-4-7-11-10-14(9-8-13-11)12(5-2)6-3/h11-13H,4-10H2,1-3H3. The van der Waals surface area contributed by atoms with E-state index in [1.54, 1.807) is 0 Å². The zero-order chi connectivity index (χ0) is 10.4. The van der Waals surface area contributed by atoms with Crippen molar-refractivity contribution < 1.29 is 0 Å². The summed E-state index contributed by atoms with van der Waals surface area (Å²) in [4.78, 5) is 2.68. The van der Waals surface area contributed by atoms with E-state index < -0.39 is 0 Å². The summed E-state index contributed by atoms with van der Waals surface area (Å²) < 4.78 is 0. The van der Waals surface area contributed by atoms with Crippen molar-refractivity contribution in [2.75, 3.05) is 19.6 Å². The van der Waals surface area contributed by atoms with Gasteiger partial charge in [-0.1, -0.05) is 27.2 Å². The van der Waals surface area contributed by atoms with E-state index in [1.807, 2.05) is 0 Å². The second-order valence-corrected chi connectivity index (χ2v) is 4.40. The molecule has 1 aliphatic heterocycles. The Morgan fingerprint density at radius 3 is 2.57 bits per heavy atom. The topological polar surface area (TPSA) is 15.3 Å². The summed E-state index contributed by atoms with van der Waals surface area (Å²) in [5, 5.41) is 3.61. The van der Waals surface area contributed by atoms with Gasteiger partial charge in [0.2, 0.25) is 0 Å². The molecular formula is C12H26N2. The predicted molar refractivity (Wildman–Crippen MR) is 62.6 cm³/mol. The summed E-state index contributed by atoms with van der Waals surface area (Å²) in [5.41, 5.74) is 0. The molecule has 14 heavy (non-hydrogen) atoms. The average molecular weight is 198 g/mol. The maximum absolute atomic E-state index is 3.61. The van der Waals surface area contributed by atoms with Gasteiger partial charge in [0.1, 0.15) is 0 Å². The lowest BCUT2D eigenvalue weighted by Crippen LogP contribution is -2.53. The predicted octanol–water partition coefficient (Wildman–Crippen LogP) is 2.25. The summed E-state index contributed by atoms with van der Waals surface area (Å²) in [6.07, 6.45) is 5.23. The van der Waals surface area contributed by atoms with Crippen LogP contribution in [0.4, 0.5) is 0 Å². The smallest absolute Gasteiger partial charge is 0.0195 e. The van der Waals surface area contributed by atoms with Crippen LogP contribution in [0.3, 0.4) is 0 Å². The van der Waals surface area contributed by atoms with Gasteiger partial charge in [-0.3, -0.25) is 4.90 Å². The number of piperazine rings is 1. The van der Waals surface area contributed by atoms with E-state index in [0.29, 0.717) is 0 Å². The van der Waals surface area contributed by atoms with Gasteiger partial charge in [-0.05, 0) is 19.3 Å². The maximum atomic E-state index is 3.61. The molecule has 0 spiro atoms. The van der Waals surface area contributed by atoms with E-state index in [9.17, 15) is 0 Å². The fraction of sp³-hybridized carbons (Fsp3) is 1.00. The van der Waals surface area contributed by atoms with Gasteiger partial charge in [0, 0.05) is 31.7 Å². The van der Waals surface area contributed by atoms with Gasteiger partial charge in [-0.15, -0.1) is 0 Å². The van der Waals surface area contributed by atoms with Crippen molar-refractivity contribution in [1.29, 1.82) is 0 Å². The van der Waals surface area contributed by atoms with Gasteiger partial charge in [-0.25, -0.2) is 0 Å². The van der Waals surface area contributed by atoms with Crippen LogP contribution in [0, 0.1) is 0 Å². The van der Waals surface area contributed by atoms with E-state index in [2.05, 4.69) is 31.0 Å². The maximum Gasteiger partial charge on any atom is 0.0195 e. The monoisotopic (exact) mass is 198 g/mol. The van der Waals surface area contributed by atoms with Crippen molar-refractivity contribution in [2.24, 2.45) is 0 Å². The Morgan fingerprint density at radius 1 is 1.29 bits per heavy atom. The van der Waals surface area contributed by atoms with Crippen LogP contribution >= 0.6 is 0 Å². The number of hydrogen-bond acceptors (Lipinski definition) is 2. The van der Waals surface area contributed by atoms with E-state index >= 15 is 0 Å². The summed E-state index contributed by atoms with van der Waals surface area (Å²) in [5.74, 6) is 0. The van der Waals surface area contributed by atoms with Crippen LogP contribution in [0.15, 0.2) is 0 Å². The zero-order valence-electron chi connectivity index (χ0n) is 10.1. The van der Waals surface area contributed by atoms with Crippen molar-refractivity contribution in [3.8, 4) is 0 Å². The summed E-state index contributed by atoms with van der Waals surface area (Å²) >= 11 is 0. The van der Waals surface area contributed by atoms with Gasteiger partial charge in [0.15, 0.2) is 0 Å². The zero-order valence-corrected chi connectivity index (χ0v) is 10.1. The van der Waals surface area contributed by atoms with Gasteiger partial charge < -0.3 is 5.32 Å². The molecular weight excluding hydrogens is 172 g/mol. The Labute approximate surface area is 89.1 Å². The van der Waals surface area contributed by atoms with Crippen LogP contribution in [0.5, 0.6) is 0 Å². The van der Waals surface area contributed by atoms with Crippen LogP contribution < -0.4 is 5.32 Å². The van der Waals surface area contributed by atoms with Crippen molar-refractivity contribution in [3.05, 3.63) is 0 Å². The van der Waals surface area contributed by atoms with Crippen LogP contribution in [0.2, 0.25) is 0 Å². The van der Waals surface area contributed by atoms with Crippen LogP contribution in [-0.4, -0.2) is 36.6 Å². The second-order valence-electron chi connectivity index (χ2n) is 4.40. The lowest BCUT2D eigenvalue weighted by molar-refractivity contribution is 0.133. The average Bonchev–Trinajstić information content (AvgIpc) is 2.21. The third-order valence-electron chi connectivity index (χ3n) is 3.38. The molecule has 0 aromatic heterocycles. The Hall–Kier alpha value is -0.0800. The van der Waals surface area contributed by atoms with E-state index in [1.165, 1.54) is 45.3 Å². The first-order valence-electron chi connectivity index (χ1n) is 6.29. The Morgan fingerprint density at radius 2 is 2.00 bits per heavy atom. The van der Waals surface area contributed by atoms with Crippen LogP contribution in [0.1, 0.15) is 46.5 Å². The molecule has 0 aromatic carbocycles. The van der Waals surface area contributed by atoms with Crippen molar-refractivity contribution >= 4 is 0 Å². The molecule has 1 N–H and O–H groups in total. The number of nitrogens with zero attached hydrogens (tertiary/aromatic N) is 1. The van der Waals surface area contributed by atoms with E-state index in [4.69, 9.17) is 0 Å². The highest BCUT2D eigenvalue weighted by Crippen LogP contribution is 2.13. The molecule has 1 fully saturated rings. The Balaban J connectivity index is 2.38. The van der Waals surface area contributed by atoms with Gasteiger partial charge in [0.25, 0.3) is 0 Å². The molecule has 1 atom stereocenters. The first-order chi connectivity index (χ1) is 6.81. The third kappa shape index (κ3) is 3.25. The van der Waals surface area contributed by atoms with Gasteiger partial charge in [-0.2, -0.15) is 0 Å². The fourth-order valence-electron chi connectivity index (χ4n) is 2.53. The van der Waals surface area contributed by atoms with Crippen molar-refractivity contribution in [1.82, 2.24) is 10.2 Å². The molecule has 2 heteroatoms. The number of hydrogen-bond donors (Lipinski definition) is 1. The lowest BCUT2D eigenvalue weighted by atomic mass is 10.0. The minimum atomic E-state index is 0.745. The molecule has 1 heterocycles. The largest absolute Gasteiger partial charge is 0.311 e. The van der Waals surface area contributed by atoms with Crippen molar-refractivity contribution in [3.63, 3.8) is 0 Å². The Kier molecular flexibility index (Phi) is 5.49. The third-order valence-corrected chi connectivity index (χ3v) is 3.38. The summed E-state index contributed by atoms with van der Waals surface area (Å²) in [6, 6.07) is 1.56. The fourth-order valence-corrected chi connectivity index (χ4v) is 2.53. The highest BCUT2D eigenvalue weighted by molar-refractivity contribution is 4.81. The number of nitrogens with one attached hydrogen (secondary N) is 1. The summed E-state index contributed by atoms with van der Waals surface area (Å²) in [7, 11) is 0. The molecule has 0 amide bonds. The Bertz CT molecular complexity index is 141. The van der Waals surface area contributed by atoms with E-state index in [-0.39, 0.29) is 0 Å². The molecule has 1 unspecified atom stereocenters. The van der Waals surface area contributed by atoms with E-state index in [0.717, 1.165) is 12.1 Å². The molecule has 84 valence electrons. The second kappa shape index (κ2) is 6.41. The summed E-state index contributed by atoms with van der Waals surface area (Å²) in [6.45, 7) is 10.6. The number of rotatable bonds is 5. The highest BCUT2D eigenvalue weighted by atomic mass is 15.2. The molecule has 0 aromatic rings. The van der Waals surface area contributed by atoms with Crippen LogP contribution in [-0.2, 0) is 0 Å². The molecule has 1 aliphatic rings. The lowest BCUT2D eigenvalue weighted by Gasteiger charge is -2.38. The SMILES string of the molecule is CCCC1CN(C(CC)CC)CCN1. The molecule has 1 rings (SSSR count). The molecule has 0 saturated carbocycles. The molecule has 2 nitrogen and oxygen atoms in total. The molecule has 1 saturated heterocycles. The van der Waals surface area contributed by atoms with Crippen LogP contribution in [0.25, 0.3) is 0 Å². The first-order valence-corrected chi connectivity index (χ1v) is 6.29. The minimum Gasteiger partial charge on any atom is -0.311 e. The normalized spacial score (nSPS) is 24.4. The molecule has 0 aliphatic carbocycles.